The molecule has 112 valence electrons. The van der Waals surface area contributed by atoms with Crippen LogP contribution in [0, 0.1) is 5.82 Å². The molecule has 1 aromatic heterocycles. The molecule has 2 rings (SSSR count). The Labute approximate surface area is 120 Å². The Morgan fingerprint density at radius 3 is 2.62 bits per heavy atom. The summed E-state index contributed by atoms with van der Waals surface area (Å²) in [6.45, 7) is 1.86. The van der Waals surface area contributed by atoms with E-state index in [0.717, 1.165) is 18.2 Å². The maximum Gasteiger partial charge on any atom is 0.291 e. The minimum Gasteiger partial charge on any atom is -0.456 e. The van der Waals surface area contributed by atoms with Crippen molar-refractivity contribution in [2.45, 2.75) is 18.2 Å². The number of anilines is 1. The van der Waals surface area contributed by atoms with Gasteiger partial charge in [0.1, 0.15) is 11.6 Å². The van der Waals surface area contributed by atoms with Crippen molar-refractivity contribution < 1.29 is 22.0 Å². The molecule has 2 aromatic rings. The summed E-state index contributed by atoms with van der Waals surface area (Å²) in [5, 5.41) is 7.21. The van der Waals surface area contributed by atoms with E-state index in [-0.39, 0.29) is 16.3 Å². The van der Waals surface area contributed by atoms with Crippen molar-refractivity contribution in [3.8, 4) is 0 Å². The van der Waals surface area contributed by atoms with E-state index < -0.39 is 21.7 Å². The molecule has 3 N–H and O–H groups in total. The van der Waals surface area contributed by atoms with E-state index in [9.17, 15) is 17.6 Å². The Hall–Kier alpha value is -2.19. The van der Waals surface area contributed by atoms with Gasteiger partial charge in [-0.1, -0.05) is 6.92 Å². The van der Waals surface area contributed by atoms with E-state index in [1.54, 1.807) is 6.07 Å². The monoisotopic (exact) mass is 312 g/mol. The highest BCUT2D eigenvalue weighted by Crippen LogP contribution is 2.20. The highest BCUT2D eigenvalue weighted by atomic mass is 32.2. The molecule has 0 bridgehead atoms. The minimum atomic E-state index is -3.98. The first kappa shape index (κ1) is 15.2. The molecular formula is C13H13FN2O4S. The van der Waals surface area contributed by atoms with Gasteiger partial charge in [0, 0.05) is 6.42 Å². The highest BCUT2D eigenvalue weighted by Gasteiger charge is 2.16. The van der Waals surface area contributed by atoms with Gasteiger partial charge < -0.3 is 9.73 Å². The van der Waals surface area contributed by atoms with Crippen LogP contribution in [-0.2, 0) is 16.4 Å². The fraction of sp³-hybridized carbons (Fsp3) is 0.154. The third kappa shape index (κ3) is 3.47. The first-order chi connectivity index (χ1) is 9.81. The molecule has 0 aliphatic heterocycles. The summed E-state index contributed by atoms with van der Waals surface area (Å²) < 4.78 is 41.3. The van der Waals surface area contributed by atoms with Gasteiger partial charge in [0.05, 0.1) is 10.6 Å². The molecule has 6 nitrogen and oxygen atoms in total. The van der Waals surface area contributed by atoms with E-state index in [2.05, 4.69) is 5.32 Å². The van der Waals surface area contributed by atoms with Gasteiger partial charge in [0.25, 0.3) is 5.91 Å². The average Bonchev–Trinajstić information content (AvgIpc) is 2.88. The maximum absolute atomic E-state index is 13.6. The lowest BCUT2D eigenvalue weighted by Gasteiger charge is -2.06. The molecule has 0 atom stereocenters. The largest absolute Gasteiger partial charge is 0.456 e. The maximum atomic E-state index is 13.6. The lowest BCUT2D eigenvalue weighted by molar-refractivity contribution is 0.0994. The highest BCUT2D eigenvalue weighted by molar-refractivity contribution is 7.89. The van der Waals surface area contributed by atoms with Crippen LogP contribution in [0.4, 0.5) is 10.1 Å². The molecule has 1 amide bonds. The van der Waals surface area contributed by atoms with Gasteiger partial charge in [-0.15, -0.1) is 0 Å². The summed E-state index contributed by atoms with van der Waals surface area (Å²) in [5.41, 5.74) is -0.291. The van der Waals surface area contributed by atoms with Gasteiger partial charge >= 0.3 is 0 Å². The van der Waals surface area contributed by atoms with Crippen LogP contribution >= 0.6 is 0 Å². The van der Waals surface area contributed by atoms with E-state index in [1.165, 1.54) is 6.07 Å². The van der Waals surface area contributed by atoms with Crippen molar-refractivity contribution in [3.05, 3.63) is 47.7 Å². The zero-order chi connectivity index (χ0) is 15.6. The summed E-state index contributed by atoms with van der Waals surface area (Å²) in [6.07, 6.45) is 0.614. The lowest BCUT2D eigenvalue weighted by atomic mass is 10.3. The first-order valence-electron chi connectivity index (χ1n) is 6.03. The van der Waals surface area contributed by atoms with Crippen molar-refractivity contribution in [1.82, 2.24) is 0 Å². The second-order valence-corrected chi connectivity index (χ2v) is 5.82. The molecule has 1 aromatic carbocycles. The predicted octanol–water partition coefficient (Wildman–Crippen LogP) is 1.88. The summed E-state index contributed by atoms with van der Waals surface area (Å²) in [7, 11) is -3.98. The van der Waals surface area contributed by atoms with E-state index >= 15 is 0 Å². The Balaban J connectivity index is 2.28. The number of halogens is 1. The number of rotatable bonds is 4. The molecule has 0 radical (unpaired) electrons. The summed E-state index contributed by atoms with van der Waals surface area (Å²) in [5.74, 6) is -0.843. The Bertz CT molecular complexity index is 783. The van der Waals surface area contributed by atoms with Crippen LogP contribution in [0.5, 0.6) is 0 Å². The third-order valence-corrected chi connectivity index (χ3v) is 3.66. The molecule has 21 heavy (non-hydrogen) atoms. The number of furan rings is 1. The smallest absolute Gasteiger partial charge is 0.291 e. The van der Waals surface area contributed by atoms with Crippen LogP contribution in [0.15, 0.2) is 39.6 Å². The molecule has 0 spiro atoms. The van der Waals surface area contributed by atoms with Crippen LogP contribution in [0.25, 0.3) is 0 Å². The van der Waals surface area contributed by atoms with Crippen LogP contribution < -0.4 is 10.5 Å². The van der Waals surface area contributed by atoms with Crippen molar-refractivity contribution >= 4 is 21.6 Å². The van der Waals surface area contributed by atoms with E-state index in [0.29, 0.717) is 12.2 Å². The van der Waals surface area contributed by atoms with Gasteiger partial charge in [0.2, 0.25) is 10.0 Å². The number of benzene rings is 1. The van der Waals surface area contributed by atoms with Gasteiger partial charge in [-0.2, -0.15) is 0 Å². The van der Waals surface area contributed by atoms with Crippen LogP contribution in [-0.4, -0.2) is 14.3 Å². The number of nitrogens with two attached hydrogens (primary N) is 1. The number of nitrogens with one attached hydrogen (secondary N) is 1. The molecule has 8 heteroatoms. The zero-order valence-corrected chi connectivity index (χ0v) is 11.9. The number of hydrogen-bond donors (Lipinski definition) is 2. The number of primary sulfonamides is 1. The number of hydrogen-bond acceptors (Lipinski definition) is 4. The van der Waals surface area contributed by atoms with E-state index in [1.807, 2.05) is 6.92 Å². The van der Waals surface area contributed by atoms with Crippen molar-refractivity contribution in [2.24, 2.45) is 5.14 Å². The van der Waals surface area contributed by atoms with Gasteiger partial charge in [-0.05, 0) is 30.3 Å². The van der Waals surface area contributed by atoms with Crippen molar-refractivity contribution in [3.63, 3.8) is 0 Å². The Morgan fingerprint density at radius 1 is 1.33 bits per heavy atom. The van der Waals surface area contributed by atoms with Crippen molar-refractivity contribution in [1.29, 1.82) is 0 Å². The molecule has 0 unspecified atom stereocenters. The van der Waals surface area contributed by atoms with Crippen molar-refractivity contribution in [2.75, 3.05) is 5.32 Å². The molecule has 0 saturated carbocycles. The molecule has 0 aliphatic rings. The summed E-state index contributed by atoms with van der Waals surface area (Å²) in [4.78, 5) is 11.6. The predicted molar refractivity (Wildman–Crippen MR) is 73.8 cm³/mol. The minimum absolute atomic E-state index is 0.00672. The van der Waals surface area contributed by atoms with Crippen LogP contribution in [0.1, 0.15) is 23.2 Å². The van der Waals surface area contributed by atoms with Gasteiger partial charge in [0.15, 0.2) is 5.76 Å². The average molecular weight is 312 g/mol. The van der Waals surface area contributed by atoms with Gasteiger partial charge in [-0.3, -0.25) is 4.79 Å². The van der Waals surface area contributed by atoms with Crippen LogP contribution in [0.3, 0.4) is 0 Å². The fourth-order valence-corrected chi connectivity index (χ4v) is 2.19. The molecule has 0 fully saturated rings. The normalized spacial score (nSPS) is 11.4. The lowest BCUT2D eigenvalue weighted by Crippen LogP contribution is -2.15. The molecule has 0 saturated heterocycles. The quantitative estimate of drug-likeness (QED) is 0.899. The number of carbonyl (C=O) groups is 1. The summed E-state index contributed by atoms with van der Waals surface area (Å²) >= 11 is 0. The Kier molecular flexibility index (Phi) is 4.10. The second kappa shape index (κ2) is 5.66. The fourth-order valence-electron chi connectivity index (χ4n) is 1.65. The molecule has 1 heterocycles. The first-order valence-corrected chi connectivity index (χ1v) is 7.58. The topological polar surface area (TPSA) is 102 Å². The standard InChI is InChI=1S/C13H13FN2O4S/c1-2-8-3-6-12(20-8)13(17)16-11-7-9(21(15,18)19)4-5-10(11)14/h3-7H,2H2,1H3,(H,16,17)(H2,15,18,19). The molecule has 0 aliphatic carbocycles. The summed E-state index contributed by atoms with van der Waals surface area (Å²) in [6, 6.07) is 5.96. The van der Waals surface area contributed by atoms with Crippen LogP contribution in [0.2, 0.25) is 0 Å². The number of aryl methyl sites for hydroxylation is 1. The molecular weight excluding hydrogens is 299 g/mol. The SMILES string of the molecule is CCc1ccc(C(=O)Nc2cc(S(N)(=O)=O)ccc2F)o1. The second-order valence-electron chi connectivity index (χ2n) is 4.26. The van der Waals surface area contributed by atoms with E-state index in [4.69, 9.17) is 9.56 Å². The van der Waals surface area contributed by atoms with Gasteiger partial charge in [-0.25, -0.2) is 17.9 Å². The number of amides is 1. The number of carbonyl (C=O) groups excluding carboxylic acids is 1. The zero-order valence-electron chi connectivity index (χ0n) is 11.1. The Morgan fingerprint density at radius 2 is 2.05 bits per heavy atom. The number of sulfonamides is 1. The third-order valence-electron chi connectivity index (χ3n) is 2.75.